The number of hydrogen-bond donors (Lipinski definition) is 2. The molecule has 2 N–H and O–H groups in total. The average Bonchev–Trinajstić information content (AvgIpc) is 2.56. The van der Waals surface area contributed by atoms with Gasteiger partial charge in [-0.25, -0.2) is 13.1 Å². The van der Waals surface area contributed by atoms with Crippen LogP contribution in [0.15, 0.2) is 0 Å². The van der Waals surface area contributed by atoms with E-state index < -0.39 is 10.0 Å². The summed E-state index contributed by atoms with van der Waals surface area (Å²) in [5.41, 5.74) is 0. The Morgan fingerprint density at radius 2 is 2.21 bits per heavy atom. The first-order chi connectivity index (χ1) is 6.52. The third kappa shape index (κ3) is 3.55. The molecule has 0 aliphatic carbocycles. The minimum atomic E-state index is -3.07. The summed E-state index contributed by atoms with van der Waals surface area (Å²) in [6, 6.07) is 0.505. The minimum absolute atomic E-state index is 0.334. The van der Waals surface area contributed by atoms with Gasteiger partial charge in [0.2, 0.25) is 10.0 Å². The molecule has 1 rings (SSSR count). The zero-order valence-corrected chi connectivity index (χ0v) is 9.73. The normalized spacial score (nSPS) is 23.2. The van der Waals surface area contributed by atoms with Gasteiger partial charge in [-0.05, 0) is 39.7 Å². The fourth-order valence-electron chi connectivity index (χ4n) is 1.55. The van der Waals surface area contributed by atoms with Crippen LogP contribution in [0, 0.1) is 0 Å². The smallest absolute Gasteiger partial charge is 0.213 e. The number of nitrogens with one attached hydrogen (secondary N) is 2. The largest absolute Gasteiger partial charge is 0.314 e. The Bertz CT molecular complexity index is 256. The van der Waals surface area contributed by atoms with E-state index in [1.807, 2.05) is 0 Å². The first-order valence-corrected chi connectivity index (χ1v) is 6.79. The van der Waals surface area contributed by atoms with Gasteiger partial charge in [0.1, 0.15) is 0 Å². The number of hydrogen-bond acceptors (Lipinski definition) is 3. The van der Waals surface area contributed by atoms with Crippen molar-refractivity contribution in [1.82, 2.24) is 10.0 Å². The van der Waals surface area contributed by atoms with E-state index in [2.05, 4.69) is 10.0 Å². The van der Waals surface area contributed by atoms with Crippen LogP contribution in [-0.2, 0) is 10.0 Å². The minimum Gasteiger partial charge on any atom is -0.314 e. The van der Waals surface area contributed by atoms with Crippen molar-refractivity contribution in [3.63, 3.8) is 0 Å². The van der Waals surface area contributed by atoms with Gasteiger partial charge in [0.05, 0.1) is 5.25 Å². The summed E-state index contributed by atoms with van der Waals surface area (Å²) in [7, 11) is -3.07. The average molecular weight is 220 g/mol. The second-order valence-electron chi connectivity index (χ2n) is 4.07. The molecular weight excluding hydrogens is 200 g/mol. The van der Waals surface area contributed by atoms with Crippen molar-refractivity contribution in [1.29, 1.82) is 0 Å². The van der Waals surface area contributed by atoms with Crippen LogP contribution in [0.3, 0.4) is 0 Å². The maximum absolute atomic E-state index is 11.4. The lowest BCUT2D eigenvalue weighted by Gasteiger charge is -2.12. The molecule has 14 heavy (non-hydrogen) atoms. The van der Waals surface area contributed by atoms with Crippen molar-refractivity contribution in [2.24, 2.45) is 0 Å². The van der Waals surface area contributed by atoms with Gasteiger partial charge in [0, 0.05) is 12.6 Å². The second kappa shape index (κ2) is 5.09. The molecule has 1 saturated heterocycles. The Balaban J connectivity index is 2.20. The third-order valence-electron chi connectivity index (χ3n) is 2.58. The van der Waals surface area contributed by atoms with Crippen LogP contribution in [0.1, 0.15) is 33.1 Å². The fraction of sp³-hybridized carbons (Fsp3) is 1.00. The lowest BCUT2D eigenvalue weighted by molar-refractivity contribution is 0.536. The van der Waals surface area contributed by atoms with Crippen LogP contribution in [0.5, 0.6) is 0 Å². The molecule has 0 spiro atoms. The van der Waals surface area contributed by atoms with E-state index in [1.54, 1.807) is 13.8 Å². The maximum Gasteiger partial charge on any atom is 0.213 e. The van der Waals surface area contributed by atoms with Crippen LogP contribution in [0.4, 0.5) is 0 Å². The van der Waals surface area contributed by atoms with Gasteiger partial charge in [0.25, 0.3) is 0 Å². The molecule has 1 aliphatic rings. The molecule has 1 heterocycles. The van der Waals surface area contributed by atoms with Gasteiger partial charge in [-0.15, -0.1) is 0 Å². The zero-order chi connectivity index (χ0) is 10.6. The molecule has 0 amide bonds. The number of sulfonamides is 1. The van der Waals surface area contributed by atoms with E-state index in [-0.39, 0.29) is 5.25 Å². The first-order valence-electron chi connectivity index (χ1n) is 5.24. The summed E-state index contributed by atoms with van der Waals surface area (Å²) in [4.78, 5) is 0. The van der Waals surface area contributed by atoms with Crippen molar-refractivity contribution in [2.45, 2.75) is 44.4 Å². The van der Waals surface area contributed by atoms with Crippen LogP contribution in [0.25, 0.3) is 0 Å². The van der Waals surface area contributed by atoms with Gasteiger partial charge in [-0.2, -0.15) is 0 Å². The van der Waals surface area contributed by atoms with E-state index in [1.165, 1.54) is 12.8 Å². The Morgan fingerprint density at radius 3 is 2.71 bits per heavy atom. The fourth-order valence-corrected chi connectivity index (χ4v) is 2.28. The van der Waals surface area contributed by atoms with Gasteiger partial charge in [0.15, 0.2) is 0 Å². The molecule has 84 valence electrons. The van der Waals surface area contributed by atoms with Gasteiger partial charge in [-0.1, -0.05) is 0 Å². The summed E-state index contributed by atoms with van der Waals surface area (Å²) >= 11 is 0. The van der Waals surface area contributed by atoms with Crippen LogP contribution >= 0.6 is 0 Å². The predicted molar refractivity (Wildman–Crippen MR) is 57.7 cm³/mol. The lowest BCUT2D eigenvalue weighted by Crippen LogP contribution is -2.34. The predicted octanol–water partition coefficient (Wildman–Crippen LogP) is 0.456. The van der Waals surface area contributed by atoms with Crippen molar-refractivity contribution in [3.8, 4) is 0 Å². The molecule has 1 atom stereocenters. The monoisotopic (exact) mass is 220 g/mol. The molecular formula is C9H20N2O2S. The Labute approximate surface area is 86.5 Å². The Hall–Kier alpha value is -0.130. The second-order valence-corrected chi connectivity index (χ2v) is 6.39. The molecule has 0 radical (unpaired) electrons. The topological polar surface area (TPSA) is 58.2 Å². The maximum atomic E-state index is 11.4. The highest BCUT2D eigenvalue weighted by Gasteiger charge is 2.17. The van der Waals surface area contributed by atoms with Crippen LogP contribution in [0.2, 0.25) is 0 Å². The molecule has 0 unspecified atom stereocenters. The van der Waals surface area contributed by atoms with Gasteiger partial charge < -0.3 is 5.32 Å². The molecule has 0 aromatic heterocycles. The summed E-state index contributed by atoms with van der Waals surface area (Å²) < 4.78 is 25.4. The molecule has 0 aromatic carbocycles. The SMILES string of the molecule is CC(C)S(=O)(=O)NCC[C@H]1CCCN1. The highest BCUT2D eigenvalue weighted by Crippen LogP contribution is 2.08. The summed E-state index contributed by atoms with van der Waals surface area (Å²) in [6.07, 6.45) is 3.27. The van der Waals surface area contributed by atoms with Crippen molar-refractivity contribution in [3.05, 3.63) is 0 Å². The summed E-state index contributed by atoms with van der Waals surface area (Å²) in [5.74, 6) is 0. The van der Waals surface area contributed by atoms with Crippen LogP contribution in [-0.4, -0.2) is 32.8 Å². The Morgan fingerprint density at radius 1 is 1.50 bits per heavy atom. The first kappa shape index (κ1) is 11.9. The number of rotatable bonds is 5. The standard InChI is InChI=1S/C9H20N2O2S/c1-8(2)14(12,13)11-7-5-9-4-3-6-10-9/h8-11H,3-7H2,1-2H3/t9-/m1/s1. The lowest BCUT2D eigenvalue weighted by atomic mass is 10.2. The molecule has 0 saturated carbocycles. The summed E-state index contributed by atoms with van der Waals surface area (Å²) in [5, 5.41) is 3.00. The highest BCUT2D eigenvalue weighted by atomic mass is 32.2. The van der Waals surface area contributed by atoms with E-state index in [0.717, 1.165) is 13.0 Å². The molecule has 4 nitrogen and oxygen atoms in total. The molecule has 5 heteroatoms. The van der Waals surface area contributed by atoms with E-state index in [4.69, 9.17) is 0 Å². The van der Waals surface area contributed by atoms with E-state index in [9.17, 15) is 8.42 Å². The van der Waals surface area contributed by atoms with Crippen molar-refractivity contribution in [2.75, 3.05) is 13.1 Å². The summed E-state index contributed by atoms with van der Waals surface area (Å²) in [6.45, 7) is 5.01. The quantitative estimate of drug-likeness (QED) is 0.707. The van der Waals surface area contributed by atoms with Gasteiger partial charge in [-0.3, -0.25) is 0 Å². The van der Waals surface area contributed by atoms with Gasteiger partial charge >= 0.3 is 0 Å². The molecule has 1 aliphatic heterocycles. The highest BCUT2D eigenvalue weighted by molar-refractivity contribution is 7.90. The van der Waals surface area contributed by atoms with Crippen molar-refractivity contribution >= 4 is 10.0 Å². The Kier molecular flexibility index (Phi) is 4.34. The molecule has 1 fully saturated rings. The molecule has 0 aromatic rings. The van der Waals surface area contributed by atoms with Crippen LogP contribution < -0.4 is 10.0 Å². The third-order valence-corrected chi connectivity index (χ3v) is 4.43. The zero-order valence-electron chi connectivity index (χ0n) is 8.91. The molecule has 0 bridgehead atoms. The van der Waals surface area contributed by atoms with E-state index in [0.29, 0.717) is 12.6 Å². The van der Waals surface area contributed by atoms with Crippen molar-refractivity contribution < 1.29 is 8.42 Å². The van der Waals surface area contributed by atoms with E-state index >= 15 is 0 Å².